The van der Waals surface area contributed by atoms with Gasteiger partial charge in [-0.25, -0.2) is 0 Å². The van der Waals surface area contributed by atoms with Gasteiger partial charge in [0.2, 0.25) is 5.91 Å². The number of hydrogen-bond acceptors (Lipinski definition) is 3. The van der Waals surface area contributed by atoms with E-state index in [2.05, 4.69) is 17.6 Å². The van der Waals surface area contributed by atoms with Crippen LogP contribution in [0, 0.1) is 0 Å². The standard InChI is InChI=1S/C16H23N3O2S/c1-4-5-6-10-14(20)18-16(22)17-13-9-7-8-12(11-13)15(21)19(2)3/h7-9,11H,4-6,10H2,1-3H3,(H2,17,18,20,22). The molecule has 0 radical (unpaired) electrons. The summed E-state index contributed by atoms with van der Waals surface area (Å²) in [5.41, 5.74) is 1.23. The van der Waals surface area contributed by atoms with Gasteiger partial charge in [-0.05, 0) is 36.8 Å². The molecular weight excluding hydrogens is 298 g/mol. The lowest BCUT2D eigenvalue weighted by molar-refractivity contribution is -0.119. The van der Waals surface area contributed by atoms with Gasteiger partial charge in [-0.2, -0.15) is 0 Å². The molecule has 2 N–H and O–H groups in total. The molecule has 0 unspecified atom stereocenters. The van der Waals surface area contributed by atoms with Crippen LogP contribution in [0.2, 0.25) is 0 Å². The third kappa shape index (κ3) is 6.22. The van der Waals surface area contributed by atoms with E-state index in [1.807, 2.05) is 0 Å². The van der Waals surface area contributed by atoms with Crippen LogP contribution >= 0.6 is 12.2 Å². The first kappa shape index (κ1) is 18.1. The lowest BCUT2D eigenvalue weighted by atomic mass is 10.2. The second-order valence-electron chi connectivity index (χ2n) is 5.24. The molecule has 0 aliphatic heterocycles. The third-order valence-corrected chi connectivity index (χ3v) is 3.24. The number of carbonyl (C=O) groups is 2. The predicted octanol–water partition coefficient (Wildman–Crippen LogP) is 2.78. The van der Waals surface area contributed by atoms with Crippen molar-refractivity contribution in [3.63, 3.8) is 0 Å². The van der Waals surface area contributed by atoms with Crippen molar-refractivity contribution in [1.82, 2.24) is 10.2 Å². The molecule has 1 aromatic rings. The molecule has 0 fully saturated rings. The number of hydrogen-bond donors (Lipinski definition) is 2. The molecule has 22 heavy (non-hydrogen) atoms. The largest absolute Gasteiger partial charge is 0.345 e. The summed E-state index contributed by atoms with van der Waals surface area (Å²) in [7, 11) is 3.40. The van der Waals surface area contributed by atoms with Gasteiger partial charge in [0, 0.05) is 31.8 Å². The van der Waals surface area contributed by atoms with Crippen molar-refractivity contribution in [1.29, 1.82) is 0 Å². The zero-order chi connectivity index (χ0) is 16.5. The Morgan fingerprint density at radius 3 is 2.59 bits per heavy atom. The molecule has 5 nitrogen and oxygen atoms in total. The first-order valence-corrected chi connectivity index (χ1v) is 7.77. The van der Waals surface area contributed by atoms with Crippen LogP contribution in [0.1, 0.15) is 43.0 Å². The number of amides is 2. The molecule has 0 heterocycles. The van der Waals surface area contributed by atoms with Crippen LogP contribution in [0.4, 0.5) is 5.69 Å². The van der Waals surface area contributed by atoms with E-state index in [1.54, 1.807) is 38.4 Å². The van der Waals surface area contributed by atoms with Crippen molar-refractivity contribution >= 4 is 34.8 Å². The Morgan fingerprint density at radius 2 is 1.95 bits per heavy atom. The van der Waals surface area contributed by atoms with Crippen LogP contribution in [0.5, 0.6) is 0 Å². The summed E-state index contributed by atoms with van der Waals surface area (Å²) in [5.74, 6) is -0.176. The molecule has 0 saturated heterocycles. The number of benzene rings is 1. The highest BCUT2D eigenvalue weighted by Crippen LogP contribution is 2.12. The second kappa shape index (κ2) is 9.15. The van der Waals surface area contributed by atoms with E-state index in [4.69, 9.17) is 12.2 Å². The molecule has 2 amide bonds. The molecule has 0 bridgehead atoms. The van der Waals surface area contributed by atoms with Crippen molar-refractivity contribution in [2.24, 2.45) is 0 Å². The molecule has 6 heteroatoms. The number of anilines is 1. The summed E-state index contributed by atoms with van der Waals surface area (Å²) in [6.07, 6.45) is 3.43. The van der Waals surface area contributed by atoms with Crippen LogP contribution in [-0.4, -0.2) is 35.9 Å². The quantitative estimate of drug-likeness (QED) is 0.625. The number of carbonyl (C=O) groups excluding carboxylic acids is 2. The zero-order valence-electron chi connectivity index (χ0n) is 13.3. The molecule has 1 rings (SSSR count). The summed E-state index contributed by atoms with van der Waals surface area (Å²) >= 11 is 5.11. The van der Waals surface area contributed by atoms with Crippen molar-refractivity contribution in [3.05, 3.63) is 29.8 Å². The summed E-state index contributed by atoms with van der Waals surface area (Å²) in [4.78, 5) is 25.1. The van der Waals surface area contributed by atoms with Crippen molar-refractivity contribution in [3.8, 4) is 0 Å². The van der Waals surface area contributed by atoms with Gasteiger partial charge in [0.25, 0.3) is 5.91 Å². The van der Waals surface area contributed by atoms with Gasteiger partial charge in [0.05, 0.1) is 0 Å². The first-order chi connectivity index (χ1) is 10.4. The molecule has 0 spiro atoms. The molecule has 1 aromatic carbocycles. The third-order valence-electron chi connectivity index (χ3n) is 3.03. The Kier molecular flexibility index (Phi) is 7.52. The summed E-state index contributed by atoms with van der Waals surface area (Å²) in [6.45, 7) is 2.09. The van der Waals surface area contributed by atoms with E-state index < -0.39 is 0 Å². The van der Waals surface area contributed by atoms with Gasteiger partial charge < -0.3 is 15.5 Å². The van der Waals surface area contributed by atoms with E-state index in [0.717, 1.165) is 19.3 Å². The normalized spacial score (nSPS) is 9.95. The van der Waals surface area contributed by atoms with Crippen molar-refractivity contribution < 1.29 is 9.59 Å². The van der Waals surface area contributed by atoms with Crippen molar-refractivity contribution in [2.75, 3.05) is 19.4 Å². The first-order valence-electron chi connectivity index (χ1n) is 7.36. The molecule has 0 aliphatic rings. The van der Waals surface area contributed by atoms with Crippen LogP contribution in [0.3, 0.4) is 0 Å². The minimum Gasteiger partial charge on any atom is -0.345 e. The minimum absolute atomic E-state index is 0.0850. The highest BCUT2D eigenvalue weighted by atomic mass is 32.1. The Bertz CT molecular complexity index is 544. The highest BCUT2D eigenvalue weighted by molar-refractivity contribution is 7.80. The van der Waals surface area contributed by atoms with E-state index >= 15 is 0 Å². The molecule has 0 atom stereocenters. The maximum Gasteiger partial charge on any atom is 0.253 e. The average molecular weight is 321 g/mol. The second-order valence-corrected chi connectivity index (χ2v) is 5.65. The van der Waals surface area contributed by atoms with E-state index in [9.17, 15) is 9.59 Å². The lowest BCUT2D eigenvalue weighted by Gasteiger charge is -2.13. The van der Waals surface area contributed by atoms with Gasteiger partial charge >= 0.3 is 0 Å². The number of nitrogens with zero attached hydrogens (tertiary/aromatic N) is 1. The van der Waals surface area contributed by atoms with E-state index in [-0.39, 0.29) is 16.9 Å². The molecule has 0 aromatic heterocycles. The fourth-order valence-electron chi connectivity index (χ4n) is 1.88. The van der Waals surface area contributed by atoms with Gasteiger partial charge in [-0.1, -0.05) is 25.8 Å². The van der Waals surface area contributed by atoms with E-state index in [0.29, 0.717) is 17.7 Å². The number of unbranched alkanes of at least 4 members (excludes halogenated alkanes) is 2. The van der Waals surface area contributed by atoms with Gasteiger partial charge in [0.1, 0.15) is 0 Å². The van der Waals surface area contributed by atoms with Crippen molar-refractivity contribution in [2.45, 2.75) is 32.6 Å². The smallest absolute Gasteiger partial charge is 0.253 e. The Hall–Kier alpha value is -1.95. The highest BCUT2D eigenvalue weighted by Gasteiger charge is 2.09. The summed E-state index contributed by atoms with van der Waals surface area (Å²) in [6, 6.07) is 7.00. The van der Waals surface area contributed by atoms with Crippen LogP contribution in [-0.2, 0) is 4.79 Å². The van der Waals surface area contributed by atoms with Gasteiger partial charge in [0.15, 0.2) is 5.11 Å². The zero-order valence-corrected chi connectivity index (χ0v) is 14.1. The number of thiocarbonyl (C=S) groups is 1. The van der Waals surface area contributed by atoms with Crippen LogP contribution < -0.4 is 10.6 Å². The van der Waals surface area contributed by atoms with Gasteiger partial charge in [-0.3, -0.25) is 9.59 Å². The summed E-state index contributed by atoms with van der Waals surface area (Å²) < 4.78 is 0. The minimum atomic E-state index is -0.0912. The SMILES string of the molecule is CCCCCC(=O)NC(=S)Nc1cccc(C(=O)N(C)C)c1. The fraction of sp³-hybridized carbons (Fsp3) is 0.438. The maximum absolute atomic E-state index is 11.9. The monoisotopic (exact) mass is 321 g/mol. The maximum atomic E-state index is 11.9. The van der Waals surface area contributed by atoms with Gasteiger partial charge in [-0.15, -0.1) is 0 Å². The summed E-state index contributed by atoms with van der Waals surface area (Å²) in [5, 5.41) is 5.82. The lowest BCUT2D eigenvalue weighted by Crippen LogP contribution is -2.34. The molecule has 0 aliphatic carbocycles. The Labute approximate surface area is 137 Å². The molecule has 0 saturated carbocycles. The molecular formula is C16H23N3O2S. The topological polar surface area (TPSA) is 61.4 Å². The van der Waals surface area contributed by atoms with Crippen LogP contribution in [0.25, 0.3) is 0 Å². The molecule has 120 valence electrons. The Balaban J connectivity index is 2.56. The van der Waals surface area contributed by atoms with E-state index in [1.165, 1.54) is 4.90 Å². The van der Waals surface area contributed by atoms with Crippen LogP contribution in [0.15, 0.2) is 24.3 Å². The fourth-order valence-corrected chi connectivity index (χ4v) is 2.11. The number of rotatable bonds is 6. The predicted molar refractivity (Wildman–Crippen MR) is 93.0 cm³/mol. The Morgan fingerprint density at radius 1 is 1.23 bits per heavy atom. The number of nitrogens with one attached hydrogen (secondary N) is 2. The average Bonchev–Trinajstić information content (AvgIpc) is 2.46.